The smallest absolute Gasteiger partial charge is 0.136 e. The second kappa shape index (κ2) is 34.0. The zero-order valence-corrected chi connectivity index (χ0v) is 77.6. The van der Waals surface area contributed by atoms with Gasteiger partial charge in [-0.1, -0.05) is 461 Å². The zero-order valence-electron chi connectivity index (χ0n) is 77.6. The lowest BCUT2D eigenvalue weighted by Crippen LogP contribution is -2.15. The Bertz CT molecular complexity index is 9370. The highest BCUT2D eigenvalue weighted by atomic mass is 16.5. The van der Waals surface area contributed by atoms with Crippen molar-refractivity contribution < 1.29 is 18.6 Å². The van der Waals surface area contributed by atoms with Crippen LogP contribution in [0.15, 0.2) is 514 Å². The summed E-state index contributed by atoms with van der Waals surface area (Å²) < 4.78 is 26.8. The number of rotatable bonds is 10. The van der Waals surface area contributed by atoms with Gasteiger partial charge in [0.1, 0.15) is 46.7 Å². The Labute approximate surface area is 822 Å². The summed E-state index contributed by atoms with van der Waals surface area (Å²) in [5.74, 6) is 3.36. The molecule has 6 atom stereocenters. The molecule has 0 saturated heterocycles. The van der Waals surface area contributed by atoms with Gasteiger partial charge in [0.05, 0.1) is 0 Å². The van der Waals surface area contributed by atoms with E-state index in [1.807, 2.05) is 12.1 Å². The summed E-state index contributed by atoms with van der Waals surface area (Å²) >= 11 is 0. The van der Waals surface area contributed by atoms with E-state index in [2.05, 4.69) is 498 Å². The van der Waals surface area contributed by atoms with Crippen LogP contribution in [0, 0.1) is 0 Å². The lowest BCUT2D eigenvalue weighted by molar-refractivity contribution is 0.269. The summed E-state index contributed by atoms with van der Waals surface area (Å²) in [6, 6.07) is 159. The van der Waals surface area contributed by atoms with Gasteiger partial charge in [0.15, 0.2) is 0 Å². The summed E-state index contributed by atoms with van der Waals surface area (Å²) in [5.41, 5.74) is 30.2. The molecular weight excluding hydrogens is 1720 g/mol. The summed E-state index contributed by atoms with van der Waals surface area (Å²) in [7, 11) is 0. The molecule has 24 aromatic rings. The third-order valence-corrected chi connectivity index (χ3v) is 30.5. The molecule has 0 radical (unpaired) electrons. The van der Waals surface area contributed by atoms with Crippen molar-refractivity contribution in [1.29, 1.82) is 0 Å². The number of fused-ring (bicyclic) bond motifs is 21. The Morgan fingerprint density at radius 2 is 0.451 bits per heavy atom. The molecule has 0 saturated carbocycles. The third-order valence-electron chi connectivity index (χ3n) is 30.5. The molecule has 1 aromatic heterocycles. The van der Waals surface area contributed by atoms with Gasteiger partial charge >= 0.3 is 0 Å². The van der Waals surface area contributed by atoms with Crippen LogP contribution < -0.4 is 14.2 Å². The number of benzene rings is 23. The van der Waals surface area contributed by atoms with Crippen LogP contribution in [0.2, 0.25) is 0 Å². The van der Waals surface area contributed by atoms with E-state index < -0.39 is 0 Å². The summed E-state index contributed by atoms with van der Waals surface area (Å²) in [5, 5.41) is 24.8. The van der Waals surface area contributed by atoms with Crippen molar-refractivity contribution in [2.45, 2.75) is 36.1 Å². The molecule has 4 nitrogen and oxygen atoms in total. The number of furan rings is 1. The van der Waals surface area contributed by atoms with Gasteiger partial charge in [0, 0.05) is 56.3 Å². The predicted molar refractivity (Wildman–Crippen MR) is 595 cm³/mol. The van der Waals surface area contributed by atoms with Gasteiger partial charge < -0.3 is 18.6 Å². The second-order valence-corrected chi connectivity index (χ2v) is 38.0. The van der Waals surface area contributed by atoms with E-state index in [-0.39, 0.29) is 36.1 Å². The van der Waals surface area contributed by atoms with Crippen LogP contribution in [-0.4, -0.2) is 18.3 Å². The maximum absolute atomic E-state index is 7.05. The van der Waals surface area contributed by atoms with E-state index in [1.165, 1.54) is 208 Å². The van der Waals surface area contributed by atoms with Gasteiger partial charge in [-0.25, -0.2) is 0 Å². The van der Waals surface area contributed by atoms with Crippen molar-refractivity contribution in [2.75, 3.05) is 0 Å². The largest absolute Gasteiger partial charge is 0.485 e. The number of ether oxygens (including phenoxy) is 3. The molecular formula is C138H90O4. The summed E-state index contributed by atoms with van der Waals surface area (Å²) in [6.45, 7) is 0. The molecule has 6 unspecified atom stereocenters. The van der Waals surface area contributed by atoms with Crippen LogP contribution in [0.25, 0.3) is 230 Å². The number of allylic oxidation sites excluding steroid dienone is 6. The minimum absolute atomic E-state index is 0.0581. The van der Waals surface area contributed by atoms with Crippen molar-refractivity contribution in [3.63, 3.8) is 0 Å². The van der Waals surface area contributed by atoms with E-state index in [1.54, 1.807) is 0 Å². The molecule has 0 spiro atoms. The molecule has 142 heavy (non-hydrogen) atoms. The molecule has 23 aromatic carbocycles. The van der Waals surface area contributed by atoms with Crippen molar-refractivity contribution in [3.8, 4) is 129 Å². The van der Waals surface area contributed by atoms with E-state index in [0.29, 0.717) is 0 Å². The van der Waals surface area contributed by atoms with E-state index in [4.69, 9.17) is 18.6 Å². The van der Waals surface area contributed by atoms with Crippen LogP contribution in [0.5, 0.6) is 17.2 Å². The fraction of sp³-hybridized carbons (Fsp3) is 0.0435. The van der Waals surface area contributed by atoms with E-state index >= 15 is 0 Å². The van der Waals surface area contributed by atoms with E-state index in [9.17, 15) is 0 Å². The van der Waals surface area contributed by atoms with Gasteiger partial charge in [0.25, 0.3) is 0 Å². The predicted octanol–water partition coefficient (Wildman–Crippen LogP) is 36.9. The lowest BCUT2D eigenvalue weighted by atomic mass is 9.80. The molecule has 6 aliphatic rings. The highest BCUT2D eigenvalue weighted by molar-refractivity contribution is 6.28. The highest BCUT2D eigenvalue weighted by Gasteiger charge is 2.41. The van der Waals surface area contributed by atoms with Crippen molar-refractivity contribution in [1.82, 2.24) is 0 Å². The molecule has 0 N–H and O–H groups in total. The van der Waals surface area contributed by atoms with Crippen LogP contribution in [-0.2, 0) is 0 Å². The Balaban J connectivity index is 0.000000105. The van der Waals surface area contributed by atoms with Crippen LogP contribution >= 0.6 is 0 Å². The monoisotopic (exact) mass is 1810 g/mol. The van der Waals surface area contributed by atoms with Crippen LogP contribution in [0.3, 0.4) is 0 Å². The first-order chi connectivity index (χ1) is 70.5. The molecule has 4 heteroatoms. The van der Waals surface area contributed by atoms with E-state index in [0.717, 1.165) is 55.9 Å². The third kappa shape index (κ3) is 13.3. The topological polar surface area (TPSA) is 40.8 Å². The standard InChI is InChI=1S/C52H34O.C48H30O2.C38H26O/c1-2-15-33(16-3-1)36-29-30-39(38-21-7-6-20-37(36)38)45-31-32-47(51-46-26-12-13-28-48(46)53-52(45)51)50-43-24-10-8-22-41(43)49(42-23-9-11-25-44(42)50)40-27-14-18-34-17-4-5-19-35(34)40;1-2-15-30-29(13-1)14-11-22-31(30)44-32-16-3-5-18-34(32)45(35-19-6-4-17-33(35)44)40-28-27-37(48-47(40)39-21-8-10-25-42(39)50-48)36-23-12-26-43-46(36)38-20-7-9-24-41(38)49-43;1-2-11-25(12-3-1)26-21-23-27(24-22-26)36-28-13-4-6-15-30(28)37(31-16-7-5-14-29(31)36)33-18-10-20-35-38(33)32-17-8-9-19-34(32)39-35/h1-32,46,48H;1-28,39,42H;1-24,32,34H. The SMILES string of the molecule is C1=CC2Oc3c(-c4ccc(-c5ccccc5)c5ccccc45)ccc(-c4c5ccccc5c(-c5cccc6ccccc56)c5ccccc45)c3C2C=C1.C1=CC2Oc3c(-c4cccc5oc6ccccc6c45)ccc(-c4c5ccccc5c(-c5cccc6ccccc56)c5ccccc45)c3C2C=C1.C1=CC2Oc3cccc(-c4c5ccccc5c(-c5ccc(-c6ccccc6)cc5)c5ccccc45)c3C2C=C1. The normalized spacial score (nSPS) is 16.5. The average molecular weight is 1810 g/mol. The zero-order chi connectivity index (χ0) is 93.4. The second-order valence-electron chi connectivity index (χ2n) is 38.0. The number of hydrogen-bond donors (Lipinski definition) is 0. The Morgan fingerprint density at radius 1 is 0.155 bits per heavy atom. The fourth-order valence-corrected chi connectivity index (χ4v) is 24.4. The maximum atomic E-state index is 7.05. The average Bonchev–Trinajstić information content (AvgIpc) is 1.43. The van der Waals surface area contributed by atoms with Crippen molar-refractivity contribution >= 4 is 119 Å². The van der Waals surface area contributed by atoms with Crippen LogP contribution in [0.1, 0.15) is 34.4 Å². The molecule has 0 fully saturated rings. The molecule has 0 bridgehead atoms. The summed E-state index contributed by atoms with van der Waals surface area (Å²) in [4.78, 5) is 0. The Morgan fingerprint density at radius 3 is 0.930 bits per heavy atom. The van der Waals surface area contributed by atoms with Gasteiger partial charge in [-0.2, -0.15) is 0 Å². The van der Waals surface area contributed by atoms with Crippen LogP contribution in [0.4, 0.5) is 0 Å². The quantitative estimate of drug-likeness (QED) is 0.128. The molecule has 666 valence electrons. The molecule has 3 aliphatic heterocycles. The number of hydrogen-bond acceptors (Lipinski definition) is 4. The van der Waals surface area contributed by atoms with Crippen molar-refractivity contribution in [3.05, 3.63) is 526 Å². The van der Waals surface area contributed by atoms with Gasteiger partial charge in [0.2, 0.25) is 0 Å². The van der Waals surface area contributed by atoms with Crippen molar-refractivity contribution in [2.24, 2.45) is 0 Å². The first kappa shape index (κ1) is 82.3. The Kier molecular flexibility index (Phi) is 19.7. The molecule has 0 amide bonds. The first-order valence-electron chi connectivity index (χ1n) is 49.5. The molecule has 3 aliphatic carbocycles. The van der Waals surface area contributed by atoms with Gasteiger partial charge in [-0.05, 0) is 246 Å². The first-order valence-corrected chi connectivity index (χ1v) is 49.5. The maximum Gasteiger partial charge on any atom is 0.136 e. The van der Waals surface area contributed by atoms with Gasteiger partial charge in [-0.3, -0.25) is 0 Å². The Hall–Kier alpha value is -18.0. The highest BCUT2D eigenvalue weighted by Crippen LogP contribution is 2.60. The minimum atomic E-state index is -0.0670. The fourth-order valence-electron chi connectivity index (χ4n) is 24.4. The minimum Gasteiger partial charge on any atom is -0.485 e. The number of para-hydroxylation sites is 1. The lowest BCUT2D eigenvalue weighted by Gasteiger charge is -2.22. The molecule has 30 rings (SSSR count). The van der Waals surface area contributed by atoms with Gasteiger partial charge in [-0.15, -0.1) is 0 Å². The molecule has 4 heterocycles. The summed E-state index contributed by atoms with van der Waals surface area (Å²) in [6.07, 6.45) is 26.3.